The number of amides is 1. The first-order valence-electron chi connectivity index (χ1n) is 8.78. The van der Waals surface area contributed by atoms with Crippen LogP contribution in [0.2, 0.25) is 0 Å². The number of methoxy groups -OCH3 is 2. The molecule has 1 fully saturated rings. The second-order valence-electron chi connectivity index (χ2n) is 6.49. The Morgan fingerprint density at radius 2 is 1.89 bits per heavy atom. The van der Waals surface area contributed by atoms with E-state index in [4.69, 9.17) is 14.6 Å². The van der Waals surface area contributed by atoms with Gasteiger partial charge in [-0.2, -0.15) is 5.10 Å². The largest absolute Gasteiger partial charge is 0.493 e. The van der Waals surface area contributed by atoms with Gasteiger partial charge in [-0.05, 0) is 30.5 Å². The average Bonchev–Trinajstić information content (AvgIpc) is 3.18. The van der Waals surface area contributed by atoms with Gasteiger partial charge in [-0.1, -0.05) is 6.07 Å². The minimum Gasteiger partial charge on any atom is -0.493 e. The van der Waals surface area contributed by atoms with Crippen LogP contribution in [0.5, 0.6) is 11.5 Å². The lowest BCUT2D eigenvalue weighted by Crippen LogP contribution is -2.40. The van der Waals surface area contributed by atoms with Crippen molar-refractivity contribution in [1.82, 2.24) is 14.7 Å². The minimum absolute atomic E-state index is 0.0624. The molecule has 2 aromatic rings. The Balaban J connectivity index is 1.57. The summed E-state index contributed by atoms with van der Waals surface area (Å²) in [7, 11) is 3.14. The van der Waals surface area contributed by atoms with E-state index in [0.717, 1.165) is 18.4 Å². The number of ether oxygens (including phenoxy) is 2. The number of aromatic carboxylic acids is 1. The van der Waals surface area contributed by atoms with Gasteiger partial charge in [0.1, 0.15) is 0 Å². The van der Waals surface area contributed by atoms with Crippen molar-refractivity contribution in [3.8, 4) is 11.5 Å². The van der Waals surface area contributed by atoms with E-state index in [-0.39, 0.29) is 17.5 Å². The van der Waals surface area contributed by atoms with Crippen molar-refractivity contribution in [2.45, 2.75) is 25.3 Å². The topological polar surface area (TPSA) is 93.9 Å². The molecular formula is C19H23N3O5. The molecule has 0 atom stereocenters. The number of piperidine rings is 1. The lowest BCUT2D eigenvalue weighted by molar-refractivity contribution is -0.131. The normalized spacial score (nSPS) is 14.8. The Morgan fingerprint density at radius 1 is 1.19 bits per heavy atom. The van der Waals surface area contributed by atoms with Crippen molar-refractivity contribution in [1.29, 1.82) is 0 Å². The number of carbonyl (C=O) groups is 2. The van der Waals surface area contributed by atoms with E-state index in [1.165, 1.54) is 6.20 Å². The molecular weight excluding hydrogens is 350 g/mol. The van der Waals surface area contributed by atoms with Gasteiger partial charge in [-0.3, -0.25) is 9.48 Å². The highest BCUT2D eigenvalue weighted by molar-refractivity contribution is 5.86. The van der Waals surface area contributed by atoms with E-state index < -0.39 is 5.97 Å². The average molecular weight is 373 g/mol. The molecule has 0 saturated carbocycles. The third-order valence-corrected chi connectivity index (χ3v) is 4.84. The summed E-state index contributed by atoms with van der Waals surface area (Å²) in [6, 6.07) is 5.60. The first-order valence-corrected chi connectivity index (χ1v) is 8.78. The summed E-state index contributed by atoms with van der Waals surface area (Å²) < 4.78 is 12.2. The van der Waals surface area contributed by atoms with Crippen LogP contribution in [0.15, 0.2) is 30.6 Å². The van der Waals surface area contributed by atoms with Crippen LogP contribution in [0.1, 0.15) is 34.8 Å². The third kappa shape index (κ3) is 4.21. The van der Waals surface area contributed by atoms with Gasteiger partial charge in [0.15, 0.2) is 11.5 Å². The van der Waals surface area contributed by atoms with Crippen LogP contribution in [-0.4, -0.2) is 59.0 Å². The van der Waals surface area contributed by atoms with E-state index in [9.17, 15) is 9.59 Å². The highest BCUT2D eigenvalue weighted by Gasteiger charge is 2.25. The Hall–Kier alpha value is -3.03. The number of hydrogen-bond donors (Lipinski definition) is 1. The molecule has 1 amide bonds. The smallest absolute Gasteiger partial charge is 0.338 e. The molecule has 0 bridgehead atoms. The molecule has 8 heteroatoms. The predicted molar refractivity (Wildman–Crippen MR) is 97.3 cm³/mol. The monoisotopic (exact) mass is 373 g/mol. The highest BCUT2D eigenvalue weighted by atomic mass is 16.5. The van der Waals surface area contributed by atoms with Gasteiger partial charge in [-0.25, -0.2) is 4.79 Å². The van der Waals surface area contributed by atoms with E-state index in [1.54, 1.807) is 31.2 Å². The number of carbonyl (C=O) groups excluding carboxylic acids is 1. The van der Waals surface area contributed by atoms with Gasteiger partial charge in [0, 0.05) is 19.3 Å². The number of benzene rings is 1. The standard InChI is InChI=1S/C19H23N3O5/c1-26-16-4-3-13(9-17(16)27-2)10-18(23)21-7-5-15(6-8-21)22-12-14(11-20-22)19(24)25/h3-4,9,11-12,15H,5-8,10H2,1-2H3,(H,24,25). The van der Waals surface area contributed by atoms with Crippen molar-refractivity contribution in [2.75, 3.05) is 27.3 Å². The molecule has 3 rings (SSSR count). The van der Waals surface area contributed by atoms with Crippen molar-refractivity contribution in [3.05, 3.63) is 41.7 Å². The summed E-state index contributed by atoms with van der Waals surface area (Å²) >= 11 is 0. The van der Waals surface area contributed by atoms with Crippen molar-refractivity contribution >= 4 is 11.9 Å². The molecule has 0 unspecified atom stereocenters. The van der Waals surface area contributed by atoms with Crippen molar-refractivity contribution in [2.24, 2.45) is 0 Å². The first kappa shape index (κ1) is 18.8. The van der Waals surface area contributed by atoms with Crippen molar-refractivity contribution in [3.63, 3.8) is 0 Å². The van der Waals surface area contributed by atoms with E-state index in [2.05, 4.69) is 5.10 Å². The maximum atomic E-state index is 12.6. The second kappa shape index (κ2) is 8.11. The molecule has 8 nitrogen and oxygen atoms in total. The van der Waals surface area contributed by atoms with Crippen molar-refractivity contribution < 1.29 is 24.2 Å². The minimum atomic E-state index is -0.983. The zero-order valence-electron chi connectivity index (χ0n) is 15.4. The van der Waals surface area contributed by atoms with Crippen LogP contribution in [0.3, 0.4) is 0 Å². The van der Waals surface area contributed by atoms with Crippen LogP contribution in [-0.2, 0) is 11.2 Å². The molecule has 0 radical (unpaired) electrons. The third-order valence-electron chi connectivity index (χ3n) is 4.84. The summed E-state index contributed by atoms with van der Waals surface area (Å²) in [4.78, 5) is 25.4. The Kier molecular flexibility index (Phi) is 5.63. The van der Waals surface area contributed by atoms with Gasteiger partial charge in [0.2, 0.25) is 5.91 Å². The van der Waals surface area contributed by atoms with Crippen LogP contribution < -0.4 is 9.47 Å². The molecule has 1 aliphatic heterocycles. The summed E-state index contributed by atoms with van der Waals surface area (Å²) in [5, 5.41) is 13.1. The summed E-state index contributed by atoms with van der Waals surface area (Å²) in [6.07, 6.45) is 4.71. The predicted octanol–water partition coefficient (Wildman–Crippen LogP) is 2.00. The van der Waals surface area contributed by atoms with Gasteiger partial charge in [0.25, 0.3) is 0 Å². The number of likely N-dealkylation sites (tertiary alicyclic amines) is 1. The van der Waals surface area contributed by atoms with Crippen LogP contribution in [0.4, 0.5) is 0 Å². The zero-order valence-corrected chi connectivity index (χ0v) is 15.4. The molecule has 1 N–H and O–H groups in total. The maximum Gasteiger partial charge on any atom is 0.338 e. The fourth-order valence-corrected chi connectivity index (χ4v) is 3.30. The molecule has 144 valence electrons. The zero-order chi connectivity index (χ0) is 19.4. The number of aromatic nitrogens is 2. The maximum absolute atomic E-state index is 12.6. The number of rotatable bonds is 6. The molecule has 1 aromatic carbocycles. The number of nitrogens with zero attached hydrogens (tertiary/aromatic N) is 3. The molecule has 0 spiro atoms. The molecule has 0 aliphatic carbocycles. The number of hydrogen-bond acceptors (Lipinski definition) is 5. The molecule has 27 heavy (non-hydrogen) atoms. The van der Waals surface area contributed by atoms with E-state index in [1.807, 2.05) is 17.0 Å². The van der Waals surface area contributed by atoms with E-state index in [0.29, 0.717) is 31.0 Å². The summed E-state index contributed by atoms with van der Waals surface area (Å²) in [5.41, 5.74) is 1.06. The Labute approximate surface area is 157 Å². The Morgan fingerprint density at radius 3 is 2.48 bits per heavy atom. The fourth-order valence-electron chi connectivity index (χ4n) is 3.30. The second-order valence-corrected chi connectivity index (χ2v) is 6.49. The highest BCUT2D eigenvalue weighted by Crippen LogP contribution is 2.28. The summed E-state index contributed by atoms with van der Waals surface area (Å²) in [5.74, 6) is 0.319. The molecule has 1 saturated heterocycles. The van der Waals surface area contributed by atoms with Crippen LogP contribution >= 0.6 is 0 Å². The number of carboxylic acid groups (broad SMARTS) is 1. The molecule has 2 heterocycles. The number of carboxylic acids is 1. The Bertz CT molecular complexity index is 825. The van der Waals surface area contributed by atoms with Gasteiger partial charge >= 0.3 is 5.97 Å². The fraction of sp³-hybridized carbons (Fsp3) is 0.421. The van der Waals surface area contributed by atoms with Crippen LogP contribution in [0, 0.1) is 0 Å². The first-order chi connectivity index (χ1) is 13.0. The molecule has 1 aromatic heterocycles. The van der Waals surface area contributed by atoms with Gasteiger partial charge < -0.3 is 19.5 Å². The van der Waals surface area contributed by atoms with E-state index >= 15 is 0 Å². The lowest BCUT2D eigenvalue weighted by atomic mass is 10.0. The molecule has 1 aliphatic rings. The van der Waals surface area contributed by atoms with Gasteiger partial charge in [0.05, 0.1) is 38.4 Å². The summed E-state index contributed by atoms with van der Waals surface area (Å²) in [6.45, 7) is 1.25. The lowest BCUT2D eigenvalue weighted by Gasteiger charge is -2.32. The van der Waals surface area contributed by atoms with Gasteiger partial charge in [-0.15, -0.1) is 0 Å². The SMILES string of the molecule is COc1ccc(CC(=O)N2CCC(n3cc(C(=O)O)cn3)CC2)cc1OC. The quantitative estimate of drug-likeness (QED) is 0.832. The van der Waals surface area contributed by atoms with Crippen LogP contribution in [0.25, 0.3) is 0 Å².